The summed E-state index contributed by atoms with van der Waals surface area (Å²) in [7, 11) is 1.92. The number of nitrogens with zero attached hydrogens (tertiary/aromatic N) is 1. The van der Waals surface area contributed by atoms with Gasteiger partial charge in [0.15, 0.2) is 0 Å². The van der Waals surface area contributed by atoms with Crippen LogP contribution >= 0.6 is 11.3 Å². The number of rotatable bonds is 2. The molecule has 1 aliphatic heterocycles. The summed E-state index contributed by atoms with van der Waals surface area (Å²) in [6.45, 7) is 4.00. The van der Waals surface area contributed by atoms with Gasteiger partial charge in [-0.1, -0.05) is 0 Å². The van der Waals surface area contributed by atoms with Crippen LogP contribution in [-0.2, 0) is 0 Å². The van der Waals surface area contributed by atoms with Crippen molar-refractivity contribution < 1.29 is 4.79 Å². The van der Waals surface area contributed by atoms with Gasteiger partial charge in [-0.25, -0.2) is 0 Å². The molecule has 0 spiro atoms. The van der Waals surface area contributed by atoms with E-state index in [0.717, 1.165) is 36.4 Å². The molecule has 1 aliphatic rings. The maximum absolute atomic E-state index is 12.2. The Balaban J connectivity index is 2.06. The predicted octanol–water partition coefficient (Wildman–Crippen LogP) is 1.88. The van der Waals surface area contributed by atoms with E-state index in [4.69, 9.17) is 0 Å². The second-order valence-electron chi connectivity index (χ2n) is 4.35. The van der Waals surface area contributed by atoms with Crippen molar-refractivity contribution in [2.75, 3.05) is 20.1 Å². The molecule has 16 heavy (non-hydrogen) atoms. The van der Waals surface area contributed by atoms with E-state index < -0.39 is 0 Å². The summed E-state index contributed by atoms with van der Waals surface area (Å²) in [5.74, 6) is 0.168. The first-order chi connectivity index (χ1) is 7.70. The Morgan fingerprint density at radius 3 is 3.00 bits per heavy atom. The SMILES string of the molecule is Cc1ccsc1C(=O)N(C)[C@@H]1CCCNC1. The summed E-state index contributed by atoms with van der Waals surface area (Å²) in [5.41, 5.74) is 1.09. The Morgan fingerprint density at radius 1 is 1.62 bits per heavy atom. The summed E-state index contributed by atoms with van der Waals surface area (Å²) >= 11 is 1.54. The second kappa shape index (κ2) is 4.97. The fraction of sp³-hybridized carbons (Fsp3) is 0.583. The normalized spacial score (nSPS) is 20.8. The van der Waals surface area contributed by atoms with Gasteiger partial charge in [0.2, 0.25) is 0 Å². The number of thiophene rings is 1. The molecule has 1 aromatic rings. The molecular formula is C12H18N2OS. The van der Waals surface area contributed by atoms with Crippen LogP contribution in [0.4, 0.5) is 0 Å². The van der Waals surface area contributed by atoms with Crippen molar-refractivity contribution in [3.8, 4) is 0 Å². The first-order valence-corrected chi connectivity index (χ1v) is 6.60. The third kappa shape index (κ3) is 2.28. The number of aryl methyl sites for hydroxylation is 1. The highest BCUT2D eigenvalue weighted by Gasteiger charge is 2.24. The van der Waals surface area contributed by atoms with Gasteiger partial charge in [-0.3, -0.25) is 4.79 Å². The van der Waals surface area contributed by atoms with Gasteiger partial charge in [0.05, 0.1) is 4.88 Å². The van der Waals surface area contributed by atoms with Crippen molar-refractivity contribution in [3.63, 3.8) is 0 Å². The Kier molecular flexibility index (Phi) is 3.61. The van der Waals surface area contributed by atoms with E-state index in [1.165, 1.54) is 11.3 Å². The van der Waals surface area contributed by atoms with Crippen LogP contribution in [0.3, 0.4) is 0 Å². The number of amides is 1. The lowest BCUT2D eigenvalue weighted by molar-refractivity contribution is 0.0712. The topological polar surface area (TPSA) is 32.3 Å². The molecule has 0 bridgehead atoms. The molecular weight excluding hydrogens is 220 g/mol. The van der Waals surface area contributed by atoms with E-state index in [-0.39, 0.29) is 5.91 Å². The Morgan fingerprint density at radius 2 is 2.44 bits per heavy atom. The number of piperidine rings is 1. The quantitative estimate of drug-likeness (QED) is 0.853. The lowest BCUT2D eigenvalue weighted by atomic mass is 10.1. The van der Waals surface area contributed by atoms with E-state index in [9.17, 15) is 4.79 Å². The van der Waals surface area contributed by atoms with E-state index in [1.807, 2.05) is 30.3 Å². The van der Waals surface area contributed by atoms with E-state index in [0.29, 0.717) is 6.04 Å². The first-order valence-electron chi connectivity index (χ1n) is 5.72. The lowest BCUT2D eigenvalue weighted by Gasteiger charge is -2.31. The van der Waals surface area contributed by atoms with Crippen molar-refractivity contribution >= 4 is 17.2 Å². The van der Waals surface area contributed by atoms with Gasteiger partial charge in [0, 0.05) is 19.6 Å². The maximum atomic E-state index is 12.2. The molecule has 0 aliphatic carbocycles. The highest BCUT2D eigenvalue weighted by atomic mass is 32.1. The number of hydrogen-bond donors (Lipinski definition) is 1. The largest absolute Gasteiger partial charge is 0.337 e. The summed E-state index contributed by atoms with van der Waals surface area (Å²) < 4.78 is 0. The Hall–Kier alpha value is -0.870. The molecule has 0 unspecified atom stereocenters. The van der Waals surface area contributed by atoms with Crippen LogP contribution in [0.25, 0.3) is 0 Å². The number of carbonyl (C=O) groups is 1. The molecule has 4 heteroatoms. The third-order valence-electron chi connectivity index (χ3n) is 3.20. The Bertz CT molecular complexity index is 369. The van der Waals surface area contributed by atoms with Gasteiger partial charge in [-0.05, 0) is 43.3 Å². The van der Waals surface area contributed by atoms with Gasteiger partial charge >= 0.3 is 0 Å². The van der Waals surface area contributed by atoms with Crippen LogP contribution in [0.15, 0.2) is 11.4 Å². The number of likely N-dealkylation sites (N-methyl/N-ethyl adjacent to an activating group) is 1. The molecule has 1 fully saturated rings. The minimum Gasteiger partial charge on any atom is -0.337 e. The molecule has 2 heterocycles. The average molecular weight is 238 g/mol. The third-order valence-corrected chi connectivity index (χ3v) is 4.20. The number of carbonyl (C=O) groups excluding carboxylic acids is 1. The monoisotopic (exact) mass is 238 g/mol. The van der Waals surface area contributed by atoms with Gasteiger partial charge in [0.1, 0.15) is 0 Å². The fourth-order valence-corrected chi connectivity index (χ4v) is 2.99. The predicted molar refractivity (Wildman–Crippen MR) is 67.0 cm³/mol. The zero-order valence-corrected chi connectivity index (χ0v) is 10.6. The number of hydrogen-bond acceptors (Lipinski definition) is 3. The van der Waals surface area contributed by atoms with E-state index >= 15 is 0 Å². The first kappa shape index (κ1) is 11.6. The molecule has 2 rings (SSSR count). The minimum atomic E-state index is 0.168. The molecule has 1 saturated heterocycles. The smallest absolute Gasteiger partial charge is 0.264 e. The molecule has 88 valence electrons. The highest BCUT2D eigenvalue weighted by molar-refractivity contribution is 7.12. The van der Waals surface area contributed by atoms with Crippen LogP contribution in [0, 0.1) is 6.92 Å². The van der Waals surface area contributed by atoms with Crippen LogP contribution in [0.1, 0.15) is 28.1 Å². The standard InChI is InChI=1S/C12H18N2OS/c1-9-5-7-16-11(9)12(15)14(2)10-4-3-6-13-8-10/h5,7,10,13H,3-4,6,8H2,1-2H3/t10-/m1/s1. The molecule has 3 nitrogen and oxygen atoms in total. The van der Waals surface area contributed by atoms with Crippen LogP contribution in [0.2, 0.25) is 0 Å². The van der Waals surface area contributed by atoms with Crippen molar-refractivity contribution in [3.05, 3.63) is 21.9 Å². The summed E-state index contributed by atoms with van der Waals surface area (Å²) in [4.78, 5) is 15.0. The zero-order chi connectivity index (χ0) is 11.5. The fourth-order valence-electron chi connectivity index (χ4n) is 2.08. The van der Waals surface area contributed by atoms with E-state index in [2.05, 4.69) is 5.32 Å². The Labute approximate surface area is 100 Å². The molecule has 1 amide bonds. The molecule has 0 radical (unpaired) electrons. The van der Waals surface area contributed by atoms with E-state index in [1.54, 1.807) is 0 Å². The van der Waals surface area contributed by atoms with Crippen molar-refractivity contribution in [1.29, 1.82) is 0 Å². The summed E-state index contributed by atoms with van der Waals surface area (Å²) in [6.07, 6.45) is 2.27. The minimum absolute atomic E-state index is 0.168. The number of nitrogens with one attached hydrogen (secondary N) is 1. The van der Waals surface area contributed by atoms with Gasteiger partial charge < -0.3 is 10.2 Å². The van der Waals surface area contributed by atoms with Crippen LogP contribution in [0.5, 0.6) is 0 Å². The average Bonchev–Trinajstić information content (AvgIpc) is 2.75. The van der Waals surface area contributed by atoms with Gasteiger partial charge in [0.25, 0.3) is 5.91 Å². The highest BCUT2D eigenvalue weighted by Crippen LogP contribution is 2.19. The zero-order valence-electron chi connectivity index (χ0n) is 9.82. The molecule has 1 aromatic heterocycles. The molecule has 1 N–H and O–H groups in total. The molecule has 0 saturated carbocycles. The maximum Gasteiger partial charge on any atom is 0.264 e. The van der Waals surface area contributed by atoms with Crippen molar-refractivity contribution in [2.45, 2.75) is 25.8 Å². The summed E-state index contributed by atoms with van der Waals surface area (Å²) in [5, 5.41) is 5.32. The second-order valence-corrected chi connectivity index (χ2v) is 5.27. The van der Waals surface area contributed by atoms with Crippen LogP contribution < -0.4 is 5.32 Å². The lowest BCUT2D eigenvalue weighted by Crippen LogP contribution is -2.46. The van der Waals surface area contributed by atoms with Crippen molar-refractivity contribution in [2.24, 2.45) is 0 Å². The van der Waals surface area contributed by atoms with Gasteiger partial charge in [-0.2, -0.15) is 0 Å². The molecule has 0 aromatic carbocycles. The van der Waals surface area contributed by atoms with Crippen LogP contribution in [-0.4, -0.2) is 37.0 Å². The molecule has 1 atom stereocenters. The van der Waals surface area contributed by atoms with Gasteiger partial charge in [-0.15, -0.1) is 11.3 Å². The van der Waals surface area contributed by atoms with Crippen molar-refractivity contribution in [1.82, 2.24) is 10.2 Å². The summed E-state index contributed by atoms with van der Waals surface area (Å²) in [6, 6.07) is 2.35.